The summed E-state index contributed by atoms with van der Waals surface area (Å²) >= 11 is -1.11. The lowest BCUT2D eigenvalue weighted by Gasteiger charge is -1.74. The maximum absolute atomic E-state index is 10.1. The first kappa shape index (κ1) is 5.80. The molecule has 0 aliphatic carbocycles. The Morgan fingerprint density at radius 1 is 1.88 bits per heavy atom. The van der Waals surface area contributed by atoms with Crippen molar-refractivity contribution in [1.82, 2.24) is 15.0 Å². The van der Waals surface area contributed by atoms with Crippen LogP contribution in [0.4, 0.5) is 0 Å². The molecular weight excluding hydrogens is 221 g/mol. The minimum absolute atomic E-state index is 0.603. The minimum atomic E-state index is -1.11. The van der Waals surface area contributed by atoms with Crippen molar-refractivity contribution in [2.24, 2.45) is 7.05 Å². The van der Waals surface area contributed by atoms with Crippen molar-refractivity contribution in [1.29, 1.82) is 0 Å². The van der Waals surface area contributed by atoms with Gasteiger partial charge in [-0.2, -0.15) is 0 Å². The number of aryl methyl sites for hydroxylation is 1. The van der Waals surface area contributed by atoms with Gasteiger partial charge in [0.1, 0.15) is 0 Å². The summed E-state index contributed by atoms with van der Waals surface area (Å²) in [5.74, 6) is 0. The molecule has 5 heteroatoms. The SMILES string of the molecule is Cn1cc(I=O)nn1. The molecule has 0 aliphatic rings. The molecule has 0 unspecified atom stereocenters. The van der Waals surface area contributed by atoms with Crippen LogP contribution in [0.1, 0.15) is 0 Å². The fraction of sp³-hybridized carbons (Fsp3) is 0.333. The molecule has 1 rings (SSSR count). The number of halogens is 1. The van der Waals surface area contributed by atoms with E-state index in [1.807, 2.05) is 0 Å². The fourth-order valence-corrected chi connectivity index (χ4v) is 1.06. The highest BCUT2D eigenvalue weighted by Gasteiger charge is 1.92. The molecule has 0 N–H and O–H groups in total. The van der Waals surface area contributed by atoms with Gasteiger partial charge in [0.15, 0.2) is 3.70 Å². The van der Waals surface area contributed by atoms with Gasteiger partial charge < -0.3 is 0 Å². The normalized spacial score (nSPS) is 9.62. The fourth-order valence-electron chi connectivity index (χ4n) is 0.354. The summed E-state index contributed by atoms with van der Waals surface area (Å²) in [5.41, 5.74) is 0. The largest absolute Gasteiger partial charge is 0.263 e. The molecule has 4 nitrogen and oxygen atoms in total. The molecule has 0 saturated carbocycles. The van der Waals surface area contributed by atoms with E-state index in [0.29, 0.717) is 3.70 Å². The number of hydrogen-bond acceptors (Lipinski definition) is 3. The van der Waals surface area contributed by atoms with Crippen molar-refractivity contribution in [2.45, 2.75) is 0 Å². The van der Waals surface area contributed by atoms with Crippen LogP contribution < -0.4 is 0 Å². The van der Waals surface area contributed by atoms with Gasteiger partial charge >= 0.3 is 0 Å². The van der Waals surface area contributed by atoms with Gasteiger partial charge in [-0.05, 0) is 0 Å². The Morgan fingerprint density at radius 2 is 2.62 bits per heavy atom. The van der Waals surface area contributed by atoms with Crippen LogP contribution in [0.15, 0.2) is 6.20 Å². The van der Waals surface area contributed by atoms with Crippen LogP contribution in [0.2, 0.25) is 0 Å². The molecule has 0 saturated heterocycles. The quantitative estimate of drug-likeness (QED) is 0.645. The van der Waals surface area contributed by atoms with Crippen molar-refractivity contribution < 1.29 is 3.07 Å². The lowest BCUT2D eigenvalue weighted by molar-refractivity contribution is 0.647. The van der Waals surface area contributed by atoms with Crippen LogP contribution in [0.25, 0.3) is 0 Å². The summed E-state index contributed by atoms with van der Waals surface area (Å²) in [6.45, 7) is 0. The highest BCUT2D eigenvalue weighted by molar-refractivity contribution is 14.1. The van der Waals surface area contributed by atoms with Gasteiger partial charge in [0.2, 0.25) is 21.2 Å². The molecule has 0 aromatic carbocycles. The summed E-state index contributed by atoms with van der Waals surface area (Å²) in [4.78, 5) is 0. The average Bonchev–Trinajstić information content (AvgIpc) is 2.14. The third kappa shape index (κ3) is 1.09. The van der Waals surface area contributed by atoms with Crippen molar-refractivity contribution in [3.05, 3.63) is 9.90 Å². The molecule has 0 atom stereocenters. The van der Waals surface area contributed by atoms with E-state index in [1.54, 1.807) is 13.2 Å². The van der Waals surface area contributed by atoms with Gasteiger partial charge in [0.05, 0.1) is 6.20 Å². The average molecular weight is 225 g/mol. The zero-order chi connectivity index (χ0) is 5.98. The van der Waals surface area contributed by atoms with Gasteiger partial charge in [0, 0.05) is 7.05 Å². The van der Waals surface area contributed by atoms with Gasteiger partial charge in [-0.1, -0.05) is 5.21 Å². The molecule has 0 spiro atoms. The summed E-state index contributed by atoms with van der Waals surface area (Å²) in [5, 5.41) is 7.17. The smallest absolute Gasteiger partial charge is 0.206 e. The lowest BCUT2D eigenvalue weighted by atomic mass is 10.9. The number of nitrogens with zero attached hydrogens (tertiary/aromatic N) is 3. The molecule has 0 amide bonds. The van der Waals surface area contributed by atoms with Gasteiger partial charge in [-0.3, -0.25) is 7.75 Å². The van der Waals surface area contributed by atoms with Crippen molar-refractivity contribution >= 4 is 21.2 Å². The van der Waals surface area contributed by atoms with Crippen molar-refractivity contribution in [3.8, 4) is 0 Å². The van der Waals surface area contributed by atoms with E-state index in [1.165, 1.54) is 4.68 Å². The van der Waals surface area contributed by atoms with Gasteiger partial charge in [0.25, 0.3) is 0 Å². The molecule has 0 fully saturated rings. The number of hydrogen-bond donors (Lipinski definition) is 0. The second-order valence-electron chi connectivity index (χ2n) is 1.29. The van der Waals surface area contributed by atoms with Crippen LogP contribution in [0, 0.1) is 3.70 Å². The maximum atomic E-state index is 10.1. The standard InChI is InChI=1S/C3H4IN3O/c1-7-2-3(4-8)5-6-7/h2H,1H3. The summed E-state index contributed by atoms with van der Waals surface area (Å²) in [7, 11) is 1.75. The number of rotatable bonds is 1. The van der Waals surface area contributed by atoms with Crippen LogP contribution >= 0.6 is 21.2 Å². The Kier molecular flexibility index (Phi) is 1.66. The minimum Gasteiger partial charge on any atom is -0.263 e. The van der Waals surface area contributed by atoms with Crippen LogP contribution in [0.3, 0.4) is 0 Å². The summed E-state index contributed by atoms with van der Waals surface area (Å²) in [6.07, 6.45) is 1.65. The molecule has 1 heterocycles. The molecular formula is C3H4IN3O. The Labute approximate surface area is 56.5 Å². The Balaban J connectivity index is 3.00. The summed E-state index contributed by atoms with van der Waals surface area (Å²) < 4.78 is 12.3. The molecule has 1 aromatic heterocycles. The number of aromatic nitrogens is 3. The first-order chi connectivity index (χ1) is 3.83. The van der Waals surface area contributed by atoms with E-state index in [0.717, 1.165) is 0 Å². The lowest BCUT2D eigenvalue weighted by Crippen LogP contribution is -1.85. The van der Waals surface area contributed by atoms with E-state index in [-0.39, 0.29) is 0 Å². The highest BCUT2D eigenvalue weighted by atomic mass is 127. The third-order valence-electron chi connectivity index (χ3n) is 0.654. The Morgan fingerprint density at radius 3 is 2.88 bits per heavy atom. The zero-order valence-electron chi connectivity index (χ0n) is 4.21. The molecule has 8 heavy (non-hydrogen) atoms. The topological polar surface area (TPSA) is 47.8 Å². The molecule has 44 valence electrons. The van der Waals surface area contributed by atoms with E-state index < -0.39 is 21.2 Å². The molecule has 0 radical (unpaired) electrons. The van der Waals surface area contributed by atoms with Crippen molar-refractivity contribution in [2.75, 3.05) is 0 Å². The van der Waals surface area contributed by atoms with Crippen molar-refractivity contribution in [3.63, 3.8) is 0 Å². The van der Waals surface area contributed by atoms with Crippen LogP contribution in [-0.2, 0) is 10.1 Å². The monoisotopic (exact) mass is 225 g/mol. The summed E-state index contributed by atoms with van der Waals surface area (Å²) in [6, 6.07) is 0. The molecule has 0 aliphatic heterocycles. The van der Waals surface area contributed by atoms with Crippen LogP contribution in [-0.4, -0.2) is 15.0 Å². The second-order valence-corrected chi connectivity index (χ2v) is 2.84. The zero-order valence-corrected chi connectivity index (χ0v) is 6.36. The van der Waals surface area contributed by atoms with E-state index in [9.17, 15) is 3.07 Å². The molecule has 0 bridgehead atoms. The van der Waals surface area contributed by atoms with E-state index in [2.05, 4.69) is 10.3 Å². The predicted molar refractivity (Wildman–Crippen MR) is 34.4 cm³/mol. The van der Waals surface area contributed by atoms with Crippen LogP contribution in [0.5, 0.6) is 0 Å². The van der Waals surface area contributed by atoms with E-state index in [4.69, 9.17) is 0 Å². The Bertz CT molecular complexity index is 196. The first-order valence-electron chi connectivity index (χ1n) is 1.96. The highest BCUT2D eigenvalue weighted by Crippen LogP contribution is 2.01. The second kappa shape index (κ2) is 2.29. The maximum Gasteiger partial charge on any atom is 0.206 e. The van der Waals surface area contributed by atoms with Gasteiger partial charge in [-0.15, -0.1) is 5.10 Å². The molecule has 1 aromatic rings. The first-order valence-corrected chi connectivity index (χ1v) is 3.92. The van der Waals surface area contributed by atoms with E-state index >= 15 is 0 Å². The Hall–Kier alpha value is -0.330. The van der Waals surface area contributed by atoms with Gasteiger partial charge in [-0.25, -0.2) is 0 Å². The predicted octanol–water partition coefficient (Wildman–Crippen LogP) is 0.301. The third-order valence-corrected chi connectivity index (χ3v) is 1.60.